The molecule has 1 saturated heterocycles. The quantitative estimate of drug-likeness (QED) is 0.168. The molecule has 0 bridgehead atoms. The average Bonchev–Trinajstić information content (AvgIpc) is 2.93. The van der Waals surface area contributed by atoms with Crippen molar-refractivity contribution in [3.05, 3.63) is 57.9 Å². The van der Waals surface area contributed by atoms with Gasteiger partial charge in [0.2, 0.25) is 5.92 Å². The molecule has 6 nitrogen and oxygen atoms in total. The first-order valence-electron chi connectivity index (χ1n) is 9.95. The van der Waals surface area contributed by atoms with Crippen LogP contribution in [0.15, 0.2) is 35.5 Å². The lowest BCUT2D eigenvalue weighted by atomic mass is 10.1. The van der Waals surface area contributed by atoms with Gasteiger partial charge in [-0.3, -0.25) is 4.79 Å². The molecule has 0 atom stereocenters. The number of alkyl halides is 5. The fraction of sp³-hybridized carbons (Fsp3) is 0.333. The normalized spacial score (nSPS) is 16.8. The van der Waals surface area contributed by atoms with Crippen molar-refractivity contribution in [2.24, 2.45) is 10.9 Å². The van der Waals surface area contributed by atoms with E-state index in [2.05, 4.69) is 10.5 Å². The maximum atomic E-state index is 13.9. The number of benzene rings is 2. The Kier molecular flexibility index (Phi) is 7.20. The first-order chi connectivity index (χ1) is 15.8. The van der Waals surface area contributed by atoms with E-state index in [1.165, 1.54) is 4.90 Å². The summed E-state index contributed by atoms with van der Waals surface area (Å²) in [4.78, 5) is 14.3. The van der Waals surface area contributed by atoms with Crippen LogP contribution in [0.3, 0.4) is 0 Å². The van der Waals surface area contributed by atoms with Gasteiger partial charge in [-0.2, -0.15) is 13.2 Å². The zero-order chi connectivity index (χ0) is 25.3. The predicted molar refractivity (Wildman–Crippen MR) is 114 cm³/mol. The lowest BCUT2D eigenvalue weighted by molar-refractivity contribution is -0.137. The number of amidine groups is 1. The fourth-order valence-corrected chi connectivity index (χ4v) is 3.85. The maximum absolute atomic E-state index is 13.9. The summed E-state index contributed by atoms with van der Waals surface area (Å²) in [5.41, 5.74) is 3.32. The van der Waals surface area contributed by atoms with Crippen LogP contribution in [0.4, 0.5) is 37.7 Å². The molecule has 1 amide bonds. The molecule has 184 valence electrons. The van der Waals surface area contributed by atoms with Crippen molar-refractivity contribution in [2.75, 3.05) is 23.3 Å². The first kappa shape index (κ1) is 25.5. The highest BCUT2D eigenvalue weighted by molar-refractivity contribution is 6.32. The molecule has 0 spiro atoms. The summed E-state index contributed by atoms with van der Waals surface area (Å²) in [6.45, 7) is -0.282. The Labute approximate surface area is 195 Å². The summed E-state index contributed by atoms with van der Waals surface area (Å²) < 4.78 is 82.0. The first-order valence-corrected chi connectivity index (χ1v) is 10.3. The van der Waals surface area contributed by atoms with Crippen molar-refractivity contribution in [1.82, 2.24) is 0 Å². The summed E-state index contributed by atoms with van der Waals surface area (Å²) >= 11 is 5.81. The molecule has 4 N–H and O–H groups in total. The van der Waals surface area contributed by atoms with Crippen LogP contribution in [-0.4, -0.2) is 36.0 Å². The molecule has 0 radical (unpaired) electrons. The Bertz CT molecular complexity index is 1120. The number of carbonyl (C=O) groups excluding carboxylic acids is 1. The molecule has 2 aromatic carbocycles. The van der Waals surface area contributed by atoms with Gasteiger partial charge in [0.25, 0.3) is 5.91 Å². The molecule has 0 aromatic heterocycles. The second-order valence-corrected chi connectivity index (χ2v) is 8.08. The third kappa shape index (κ3) is 5.66. The van der Waals surface area contributed by atoms with Crippen molar-refractivity contribution in [2.45, 2.75) is 31.4 Å². The third-order valence-corrected chi connectivity index (χ3v) is 5.61. The Morgan fingerprint density at radius 3 is 2.50 bits per heavy atom. The number of amides is 1. The molecule has 3 rings (SSSR count). The van der Waals surface area contributed by atoms with Gasteiger partial charge in [-0.1, -0.05) is 16.8 Å². The van der Waals surface area contributed by atoms with E-state index in [9.17, 15) is 31.1 Å². The number of hydrogen-bond acceptors (Lipinski definition) is 4. The molecule has 1 fully saturated rings. The lowest BCUT2D eigenvalue weighted by Gasteiger charge is -2.27. The summed E-state index contributed by atoms with van der Waals surface area (Å²) in [7, 11) is 0. The number of anilines is 2. The molecule has 0 aliphatic carbocycles. The van der Waals surface area contributed by atoms with Gasteiger partial charge in [0, 0.05) is 31.6 Å². The summed E-state index contributed by atoms with van der Waals surface area (Å²) in [5, 5.41) is 13.1. The number of carbonyl (C=O) groups is 1. The Balaban J connectivity index is 2.03. The second-order valence-electron chi connectivity index (χ2n) is 7.68. The standard InChI is InChI=1S/C21H19ClF6N4O2/c22-15-9-13(19(33)30-11-2-3-16(23)12(8-11)18(29)31-34)17(10-14(15)21(26,27)28)32-6-1-4-20(24,25)5-7-32/h2-3,8-10,34H,1,4-7H2,(H2,29,31)(H,30,33). The van der Waals surface area contributed by atoms with Crippen molar-refractivity contribution in [1.29, 1.82) is 0 Å². The van der Waals surface area contributed by atoms with E-state index in [-0.39, 0.29) is 42.0 Å². The average molecular weight is 509 g/mol. The molecular weight excluding hydrogens is 490 g/mol. The minimum absolute atomic E-state index is 0.000863. The van der Waals surface area contributed by atoms with Gasteiger partial charge in [-0.25, -0.2) is 13.2 Å². The molecule has 2 aromatic rings. The largest absolute Gasteiger partial charge is 0.417 e. The topological polar surface area (TPSA) is 91.0 Å². The number of rotatable bonds is 4. The number of nitrogens with one attached hydrogen (secondary N) is 1. The predicted octanol–water partition coefficient (Wildman–Crippen LogP) is 5.47. The van der Waals surface area contributed by atoms with Crippen molar-refractivity contribution in [3.63, 3.8) is 0 Å². The van der Waals surface area contributed by atoms with Crippen LogP contribution in [-0.2, 0) is 6.18 Å². The van der Waals surface area contributed by atoms with Gasteiger partial charge in [0.05, 0.1) is 27.4 Å². The summed E-state index contributed by atoms with van der Waals surface area (Å²) in [6, 6.07) is 4.61. The number of halogens is 7. The van der Waals surface area contributed by atoms with E-state index in [0.717, 1.165) is 24.3 Å². The maximum Gasteiger partial charge on any atom is 0.417 e. The van der Waals surface area contributed by atoms with E-state index in [4.69, 9.17) is 22.5 Å². The van der Waals surface area contributed by atoms with Crippen molar-refractivity contribution >= 4 is 34.7 Å². The molecule has 1 heterocycles. The van der Waals surface area contributed by atoms with Crippen LogP contribution in [0.5, 0.6) is 0 Å². The molecule has 0 saturated carbocycles. The van der Waals surface area contributed by atoms with Crippen LogP contribution >= 0.6 is 11.6 Å². The van der Waals surface area contributed by atoms with E-state index in [1.54, 1.807) is 0 Å². The Hall–Kier alpha value is -3.15. The second kappa shape index (κ2) is 9.61. The number of hydrogen-bond donors (Lipinski definition) is 3. The Morgan fingerprint density at radius 2 is 1.85 bits per heavy atom. The highest BCUT2D eigenvalue weighted by Gasteiger charge is 2.37. The monoisotopic (exact) mass is 508 g/mol. The van der Waals surface area contributed by atoms with Gasteiger partial charge in [0.1, 0.15) is 5.82 Å². The fourth-order valence-electron chi connectivity index (χ4n) is 3.58. The van der Waals surface area contributed by atoms with Crippen LogP contribution < -0.4 is 16.0 Å². The molecular formula is C21H19ClF6N4O2. The smallest absolute Gasteiger partial charge is 0.409 e. The van der Waals surface area contributed by atoms with Gasteiger partial charge < -0.3 is 21.2 Å². The molecule has 34 heavy (non-hydrogen) atoms. The van der Waals surface area contributed by atoms with E-state index in [0.29, 0.717) is 6.07 Å². The van der Waals surface area contributed by atoms with Gasteiger partial charge >= 0.3 is 6.18 Å². The molecule has 13 heteroatoms. The van der Waals surface area contributed by atoms with Crippen molar-refractivity contribution in [3.8, 4) is 0 Å². The van der Waals surface area contributed by atoms with E-state index < -0.39 is 53.1 Å². The summed E-state index contributed by atoms with van der Waals surface area (Å²) in [6.07, 6.45) is -5.88. The summed E-state index contributed by atoms with van der Waals surface area (Å²) in [5.74, 6) is -5.32. The van der Waals surface area contributed by atoms with Crippen molar-refractivity contribution < 1.29 is 36.3 Å². The zero-order valence-corrected chi connectivity index (χ0v) is 18.2. The number of nitrogens with two attached hydrogens (primary N) is 1. The van der Waals surface area contributed by atoms with E-state index in [1.807, 2.05) is 0 Å². The molecule has 1 aliphatic rings. The zero-order valence-electron chi connectivity index (χ0n) is 17.4. The lowest BCUT2D eigenvalue weighted by Crippen LogP contribution is -2.29. The van der Waals surface area contributed by atoms with E-state index >= 15 is 0 Å². The van der Waals surface area contributed by atoms with Gasteiger partial charge in [0.15, 0.2) is 5.84 Å². The molecule has 0 unspecified atom stereocenters. The SMILES string of the molecule is NC(=NO)c1cc(NC(=O)c2cc(Cl)c(C(F)(F)F)cc2N2CCCC(F)(F)CC2)ccc1F. The van der Waals surface area contributed by atoms with Crippen LogP contribution in [0.2, 0.25) is 5.02 Å². The minimum atomic E-state index is -4.84. The number of nitrogens with zero attached hydrogens (tertiary/aromatic N) is 2. The highest BCUT2D eigenvalue weighted by atomic mass is 35.5. The van der Waals surface area contributed by atoms with Gasteiger partial charge in [-0.05, 0) is 36.8 Å². The number of oxime groups is 1. The highest BCUT2D eigenvalue weighted by Crippen LogP contribution is 2.40. The third-order valence-electron chi connectivity index (χ3n) is 5.30. The Morgan fingerprint density at radius 1 is 1.15 bits per heavy atom. The van der Waals surface area contributed by atoms with Gasteiger partial charge in [-0.15, -0.1) is 0 Å². The van der Waals surface area contributed by atoms with Crippen LogP contribution in [0.1, 0.15) is 40.7 Å². The van der Waals surface area contributed by atoms with Crippen LogP contribution in [0.25, 0.3) is 0 Å². The molecule has 1 aliphatic heterocycles. The van der Waals surface area contributed by atoms with Crippen LogP contribution in [0, 0.1) is 5.82 Å². The minimum Gasteiger partial charge on any atom is -0.409 e.